The van der Waals surface area contributed by atoms with Crippen LogP contribution >= 0.6 is 31.9 Å². The van der Waals surface area contributed by atoms with Crippen LogP contribution in [-0.4, -0.2) is 13.2 Å². The van der Waals surface area contributed by atoms with Crippen LogP contribution in [0.3, 0.4) is 0 Å². The number of nitrogens with one attached hydrogen (secondary N) is 1. The highest BCUT2D eigenvalue weighted by Gasteiger charge is 2.21. The van der Waals surface area contributed by atoms with Gasteiger partial charge in [-0.2, -0.15) is 0 Å². The van der Waals surface area contributed by atoms with Crippen LogP contribution in [0.2, 0.25) is 0 Å². The van der Waals surface area contributed by atoms with Crippen molar-refractivity contribution >= 4 is 31.9 Å². The highest BCUT2D eigenvalue weighted by molar-refractivity contribution is 9.11. The van der Waals surface area contributed by atoms with Crippen LogP contribution in [0.1, 0.15) is 38.2 Å². The lowest BCUT2D eigenvalue weighted by Crippen LogP contribution is -2.31. The van der Waals surface area contributed by atoms with Gasteiger partial charge in [-0.3, -0.25) is 0 Å². The number of ether oxygens (including phenoxy) is 1. The fraction of sp³-hybridized carbons (Fsp3) is 0.600. The summed E-state index contributed by atoms with van der Waals surface area (Å²) in [4.78, 5) is 0. The fourth-order valence-electron chi connectivity index (χ4n) is 2.81. The molecule has 1 aromatic carbocycles. The smallest absolute Gasteiger partial charge is 0.147 e. The van der Waals surface area contributed by atoms with Crippen LogP contribution in [-0.2, 0) is 6.54 Å². The molecule has 0 aromatic heterocycles. The van der Waals surface area contributed by atoms with E-state index in [1.165, 1.54) is 31.2 Å². The maximum Gasteiger partial charge on any atom is 0.147 e. The van der Waals surface area contributed by atoms with Crippen LogP contribution in [0, 0.1) is 5.92 Å². The first-order valence-corrected chi connectivity index (χ1v) is 8.45. The second-order valence-electron chi connectivity index (χ2n) is 5.31. The van der Waals surface area contributed by atoms with Crippen molar-refractivity contribution in [3.05, 3.63) is 26.6 Å². The first-order chi connectivity index (χ1) is 9.11. The van der Waals surface area contributed by atoms with E-state index < -0.39 is 0 Å². The quantitative estimate of drug-likeness (QED) is 0.772. The number of hydrogen-bond donors (Lipinski definition) is 1. The number of hydrogen-bond acceptors (Lipinski definition) is 2. The van der Waals surface area contributed by atoms with Gasteiger partial charge in [0.05, 0.1) is 16.1 Å². The molecule has 19 heavy (non-hydrogen) atoms. The topological polar surface area (TPSA) is 21.3 Å². The maximum atomic E-state index is 5.32. The Labute approximate surface area is 132 Å². The van der Waals surface area contributed by atoms with E-state index in [1.807, 2.05) is 0 Å². The molecule has 0 heterocycles. The van der Waals surface area contributed by atoms with Crippen LogP contribution in [0.4, 0.5) is 0 Å². The molecule has 0 spiro atoms. The first-order valence-electron chi connectivity index (χ1n) is 6.87. The van der Waals surface area contributed by atoms with Crippen molar-refractivity contribution in [2.24, 2.45) is 5.92 Å². The number of benzene rings is 1. The van der Waals surface area contributed by atoms with E-state index in [2.05, 4.69) is 56.2 Å². The molecule has 1 N–H and O–H groups in total. The van der Waals surface area contributed by atoms with Gasteiger partial charge in [-0.1, -0.05) is 12.8 Å². The Balaban J connectivity index is 1.95. The molecular weight excluding hydrogens is 370 g/mol. The van der Waals surface area contributed by atoms with Gasteiger partial charge >= 0.3 is 0 Å². The van der Waals surface area contributed by atoms with Crippen molar-refractivity contribution < 1.29 is 4.74 Å². The molecule has 2 rings (SSSR count). The van der Waals surface area contributed by atoms with Crippen molar-refractivity contribution in [1.29, 1.82) is 0 Å². The highest BCUT2D eigenvalue weighted by Crippen LogP contribution is 2.34. The molecule has 1 aliphatic rings. The molecule has 0 saturated heterocycles. The SMILES string of the molecule is COc1c(Br)cc(CN[C@H](C)C2CCCC2)cc1Br. The first kappa shape index (κ1) is 15.3. The zero-order chi connectivity index (χ0) is 13.8. The summed E-state index contributed by atoms with van der Waals surface area (Å²) in [6.45, 7) is 3.21. The van der Waals surface area contributed by atoms with Crippen molar-refractivity contribution in [3.8, 4) is 5.75 Å². The number of methoxy groups -OCH3 is 1. The van der Waals surface area contributed by atoms with E-state index in [9.17, 15) is 0 Å². The summed E-state index contributed by atoms with van der Waals surface area (Å²) in [5.74, 6) is 1.71. The fourth-order valence-corrected chi connectivity index (χ4v) is 4.42. The Bertz CT molecular complexity index is 407. The van der Waals surface area contributed by atoms with E-state index >= 15 is 0 Å². The second-order valence-corrected chi connectivity index (χ2v) is 7.02. The monoisotopic (exact) mass is 389 g/mol. The van der Waals surface area contributed by atoms with E-state index in [0.29, 0.717) is 6.04 Å². The van der Waals surface area contributed by atoms with Crippen molar-refractivity contribution in [2.75, 3.05) is 7.11 Å². The zero-order valence-electron chi connectivity index (χ0n) is 11.5. The summed E-state index contributed by atoms with van der Waals surface area (Å²) in [5, 5.41) is 3.65. The summed E-state index contributed by atoms with van der Waals surface area (Å²) >= 11 is 7.10. The summed E-state index contributed by atoms with van der Waals surface area (Å²) in [6, 6.07) is 4.85. The van der Waals surface area contributed by atoms with Gasteiger partial charge in [-0.15, -0.1) is 0 Å². The molecule has 0 unspecified atom stereocenters. The van der Waals surface area contributed by atoms with Gasteiger partial charge in [-0.05, 0) is 75.2 Å². The Kier molecular flexibility index (Phi) is 5.72. The Hall–Kier alpha value is -0.0600. The lowest BCUT2D eigenvalue weighted by Gasteiger charge is -2.20. The third kappa shape index (κ3) is 3.96. The van der Waals surface area contributed by atoms with Gasteiger partial charge in [0.2, 0.25) is 0 Å². The van der Waals surface area contributed by atoms with E-state index in [-0.39, 0.29) is 0 Å². The van der Waals surface area contributed by atoms with Gasteiger partial charge in [-0.25, -0.2) is 0 Å². The third-order valence-corrected chi connectivity index (χ3v) is 5.18. The molecule has 1 atom stereocenters. The Morgan fingerprint density at radius 2 is 1.84 bits per heavy atom. The minimum atomic E-state index is 0.599. The molecule has 1 aliphatic carbocycles. The van der Waals surface area contributed by atoms with Gasteiger partial charge in [0.1, 0.15) is 5.75 Å². The summed E-state index contributed by atoms with van der Waals surface area (Å²) < 4.78 is 7.31. The van der Waals surface area contributed by atoms with Crippen LogP contribution in [0.25, 0.3) is 0 Å². The number of rotatable bonds is 5. The van der Waals surface area contributed by atoms with E-state index in [4.69, 9.17) is 4.74 Å². The van der Waals surface area contributed by atoms with Gasteiger partial charge in [0.25, 0.3) is 0 Å². The van der Waals surface area contributed by atoms with Crippen LogP contribution in [0.5, 0.6) is 5.75 Å². The highest BCUT2D eigenvalue weighted by atomic mass is 79.9. The number of halogens is 2. The minimum Gasteiger partial charge on any atom is -0.494 e. The second kappa shape index (κ2) is 7.09. The van der Waals surface area contributed by atoms with Crippen LogP contribution in [0.15, 0.2) is 21.1 Å². The van der Waals surface area contributed by atoms with Gasteiger partial charge in [0.15, 0.2) is 0 Å². The van der Waals surface area contributed by atoms with Crippen molar-refractivity contribution in [1.82, 2.24) is 5.32 Å². The molecular formula is C15H21Br2NO. The van der Waals surface area contributed by atoms with E-state index in [1.54, 1.807) is 7.11 Å². The molecule has 1 fully saturated rings. The molecule has 0 amide bonds. The predicted octanol–water partition coefficient (Wildman–Crippen LogP) is 4.89. The van der Waals surface area contributed by atoms with E-state index in [0.717, 1.165) is 27.2 Å². The zero-order valence-corrected chi connectivity index (χ0v) is 14.7. The Morgan fingerprint density at radius 1 is 1.26 bits per heavy atom. The molecule has 106 valence electrons. The normalized spacial score (nSPS) is 17.7. The van der Waals surface area contributed by atoms with Gasteiger partial charge < -0.3 is 10.1 Å². The van der Waals surface area contributed by atoms with Crippen molar-refractivity contribution in [3.63, 3.8) is 0 Å². The molecule has 0 radical (unpaired) electrons. The lowest BCUT2D eigenvalue weighted by atomic mass is 9.99. The molecule has 4 heteroatoms. The standard InChI is InChI=1S/C15H21Br2NO/c1-10(12-5-3-4-6-12)18-9-11-7-13(16)15(19-2)14(17)8-11/h7-8,10,12,18H,3-6,9H2,1-2H3/t10-/m1/s1. The third-order valence-electron chi connectivity index (χ3n) is 4.00. The summed E-state index contributed by atoms with van der Waals surface area (Å²) in [5.41, 5.74) is 1.27. The maximum absolute atomic E-state index is 5.32. The molecule has 2 nitrogen and oxygen atoms in total. The summed E-state index contributed by atoms with van der Waals surface area (Å²) in [6.07, 6.45) is 5.56. The molecule has 1 aromatic rings. The predicted molar refractivity (Wildman–Crippen MR) is 86.7 cm³/mol. The molecule has 1 saturated carbocycles. The Morgan fingerprint density at radius 3 is 2.37 bits per heavy atom. The van der Waals surface area contributed by atoms with Gasteiger partial charge in [0, 0.05) is 12.6 Å². The van der Waals surface area contributed by atoms with Crippen LogP contribution < -0.4 is 10.1 Å². The molecule has 0 aliphatic heterocycles. The summed E-state index contributed by atoms with van der Waals surface area (Å²) in [7, 11) is 1.69. The van der Waals surface area contributed by atoms with Crippen molar-refractivity contribution in [2.45, 2.75) is 45.2 Å². The molecule has 0 bridgehead atoms. The largest absolute Gasteiger partial charge is 0.494 e. The average Bonchev–Trinajstić information content (AvgIpc) is 2.89. The average molecular weight is 391 g/mol. The minimum absolute atomic E-state index is 0.599. The lowest BCUT2D eigenvalue weighted by molar-refractivity contribution is 0.380.